The molecule has 2 aliphatic heterocycles. The Balaban J connectivity index is 1.11. The van der Waals surface area contributed by atoms with Crippen molar-refractivity contribution >= 4 is 17.5 Å². The largest absolute Gasteiger partial charge is 0.454 e. The van der Waals surface area contributed by atoms with Gasteiger partial charge in [-0.1, -0.05) is 29.8 Å². The van der Waals surface area contributed by atoms with Gasteiger partial charge >= 0.3 is 0 Å². The van der Waals surface area contributed by atoms with Gasteiger partial charge < -0.3 is 24.2 Å². The maximum atomic E-state index is 12.8. The van der Waals surface area contributed by atoms with Gasteiger partial charge in [-0.2, -0.15) is 4.98 Å². The number of aromatic nitrogens is 2. The van der Waals surface area contributed by atoms with Gasteiger partial charge in [-0.3, -0.25) is 9.59 Å². The molecule has 6 rings (SSSR count). The molecule has 0 bridgehead atoms. The molecular formula is C25H24N4O5. The van der Waals surface area contributed by atoms with Gasteiger partial charge in [0.15, 0.2) is 11.5 Å². The van der Waals surface area contributed by atoms with Crippen LogP contribution in [-0.2, 0) is 16.1 Å². The van der Waals surface area contributed by atoms with Crippen molar-refractivity contribution in [3.8, 4) is 22.9 Å². The molecule has 1 unspecified atom stereocenters. The average Bonchev–Trinajstić information content (AvgIpc) is 3.56. The number of hydrogen-bond donors (Lipinski definition) is 1. The Hall–Kier alpha value is -3.88. The second-order valence-corrected chi connectivity index (χ2v) is 8.95. The standard InChI is InChI=1S/C25H24N4O5/c30-22-11-18(24(31)26-12-15-7-8-20-21(9-15)33-14-32-20)13-29(22)19-6-2-5-17(10-19)23-27-25(34-28-23)16-3-1-4-16/h2,5-10,16,18H,1,3-4,11-14H2,(H,26,31). The van der Waals surface area contributed by atoms with Crippen molar-refractivity contribution in [2.24, 2.45) is 5.92 Å². The number of fused-ring (bicyclic) bond motifs is 1. The zero-order valence-corrected chi connectivity index (χ0v) is 18.5. The Bertz CT molecular complexity index is 1250. The van der Waals surface area contributed by atoms with E-state index in [2.05, 4.69) is 15.5 Å². The third-order valence-corrected chi connectivity index (χ3v) is 6.71. The van der Waals surface area contributed by atoms with Crippen LogP contribution in [0, 0.1) is 5.92 Å². The molecule has 174 valence electrons. The first-order chi connectivity index (χ1) is 16.6. The third-order valence-electron chi connectivity index (χ3n) is 6.71. The van der Waals surface area contributed by atoms with Gasteiger partial charge in [0.25, 0.3) is 0 Å². The van der Waals surface area contributed by atoms with Gasteiger partial charge in [0, 0.05) is 36.7 Å². The molecule has 34 heavy (non-hydrogen) atoms. The van der Waals surface area contributed by atoms with Crippen molar-refractivity contribution in [3.05, 3.63) is 53.9 Å². The van der Waals surface area contributed by atoms with Crippen LogP contribution < -0.4 is 19.7 Å². The summed E-state index contributed by atoms with van der Waals surface area (Å²) in [5.41, 5.74) is 2.42. The number of carbonyl (C=O) groups excluding carboxylic acids is 2. The maximum absolute atomic E-state index is 12.8. The van der Waals surface area contributed by atoms with Crippen molar-refractivity contribution in [3.63, 3.8) is 0 Å². The fourth-order valence-corrected chi connectivity index (χ4v) is 4.50. The average molecular weight is 460 g/mol. The van der Waals surface area contributed by atoms with Crippen LogP contribution >= 0.6 is 0 Å². The highest BCUT2D eigenvalue weighted by molar-refractivity contribution is 6.00. The lowest BCUT2D eigenvalue weighted by Crippen LogP contribution is -2.32. The van der Waals surface area contributed by atoms with E-state index in [9.17, 15) is 9.59 Å². The van der Waals surface area contributed by atoms with E-state index in [1.165, 1.54) is 6.42 Å². The summed E-state index contributed by atoms with van der Waals surface area (Å²) in [4.78, 5) is 31.7. The normalized spacial score (nSPS) is 19.4. The van der Waals surface area contributed by atoms with Crippen LogP contribution in [0.15, 0.2) is 47.0 Å². The number of amides is 2. The Kier molecular flexibility index (Phi) is 5.16. The van der Waals surface area contributed by atoms with Crippen molar-refractivity contribution in [2.75, 3.05) is 18.2 Å². The minimum Gasteiger partial charge on any atom is -0.454 e. The highest BCUT2D eigenvalue weighted by atomic mass is 16.7. The lowest BCUT2D eigenvalue weighted by atomic mass is 9.85. The molecule has 2 aromatic carbocycles. The fraction of sp³-hybridized carbons (Fsp3) is 0.360. The number of nitrogens with zero attached hydrogens (tertiary/aromatic N) is 3. The van der Waals surface area contributed by atoms with Crippen LogP contribution in [0.25, 0.3) is 11.4 Å². The van der Waals surface area contributed by atoms with E-state index < -0.39 is 5.92 Å². The highest BCUT2D eigenvalue weighted by Gasteiger charge is 2.35. The van der Waals surface area contributed by atoms with E-state index in [0.717, 1.165) is 29.7 Å². The van der Waals surface area contributed by atoms with E-state index in [1.807, 2.05) is 42.5 Å². The van der Waals surface area contributed by atoms with Crippen LogP contribution in [-0.4, -0.2) is 35.3 Å². The van der Waals surface area contributed by atoms with E-state index >= 15 is 0 Å². The molecule has 2 amide bonds. The van der Waals surface area contributed by atoms with E-state index in [-0.39, 0.29) is 25.0 Å². The summed E-state index contributed by atoms with van der Waals surface area (Å²) in [7, 11) is 0. The van der Waals surface area contributed by atoms with Crippen LogP contribution in [0.5, 0.6) is 11.5 Å². The van der Waals surface area contributed by atoms with Crippen LogP contribution in [0.3, 0.4) is 0 Å². The fourth-order valence-electron chi connectivity index (χ4n) is 4.50. The minimum atomic E-state index is -0.416. The van der Waals surface area contributed by atoms with Crippen molar-refractivity contribution in [2.45, 2.75) is 38.1 Å². The van der Waals surface area contributed by atoms with Crippen LogP contribution in [0.1, 0.15) is 43.1 Å². The summed E-state index contributed by atoms with van der Waals surface area (Å²) < 4.78 is 16.1. The molecule has 3 aromatic rings. The van der Waals surface area contributed by atoms with E-state index in [4.69, 9.17) is 14.0 Å². The molecule has 0 spiro atoms. The lowest BCUT2D eigenvalue weighted by Gasteiger charge is -2.20. The number of nitrogens with one attached hydrogen (secondary N) is 1. The Morgan fingerprint density at radius 2 is 2.00 bits per heavy atom. The van der Waals surface area contributed by atoms with Gasteiger partial charge in [0.05, 0.1) is 5.92 Å². The molecule has 2 fully saturated rings. The predicted octanol–water partition coefficient (Wildman–Crippen LogP) is 3.40. The maximum Gasteiger partial charge on any atom is 0.231 e. The lowest BCUT2D eigenvalue weighted by molar-refractivity contribution is -0.126. The second kappa shape index (κ2) is 8.48. The van der Waals surface area contributed by atoms with Crippen molar-refractivity contribution in [1.82, 2.24) is 15.5 Å². The molecular weight excluding hydrogens is 436 g/mol. The summed E-state index contributed by atoms with van der Waals surface area (Å²) in [5.74, 6) is 2.31. The smallest absolute Gasteiger partial charge is 0.231 e. The first-order valence-electron chi connectivity index (χ1n) is 11.5. The molecule has 9 nitrogen and oxygen atoms in total. The Labute approximate surface area is 196 Å². The quantitative estimate of drug-likeness (QED) is 0.601. The van der Waals surface area contributed by atoms with Gasteiger partial charge in [-0.15, -0.1) is 0 Å². The predicted molar refractivity (Wildman–Crippen MR) is 121 cm³/mol. The number of anilines is 1. The van der Waals surface area contributed by atoms with Crippen molar-refractivity contribution < 1.29 is 23.6 Å². The summed E-state index contributed by atoms with van der Waals surface area (Å²) in [5, 5.41) is 7.06. The van der Waals surface area contributed by atoms with E-state index in [0.29, 0.717) is 42.2 Å². The van der Waals surface area contributed by atoms with Gasteiger partial charge in [0.1, 0.15) is 0 Å². The van der Waals surface area contributed by atoms with Gasteiger partial charge in [-0.05, 0) is 42.7 Å². The highest BCUT2D eigenvalue weighted by Crippen LogP contribution is 2.36. The molecule has 1 N–H and O–H groups in total. The molecule has 3 aliphatic rings. The van der Waals surface area contributed by atoms with Crippen LogP contribution in [0.4, 0.5) is 5.69 Å². The monoisotopic (exact) mass is 460 g/mol. The number of ether oxygens (including phenoxy) is 2. The molecule has 0 radical (unpaired) electrons. The Morgan fingerprint density at radius 1 is 1.12 bits per heavy atom. The van der Waals surface area contributed by atoms with E-state index in [1.54, 1.807) is 4.90 Å². The molecule has 9 heteroatoms. The minimum absolute atomic E-state index is 0.0800. The molecule has 1 aliphatic carbocycles. The molecule has 1 aromatic heterocycles. The summed E-state index contributed by atoms with van der Waals surface area (Å²) in [6.07, 6.45) is 3.54. The molecule has 1 saturated heterocycles. The zero-order chi connectivity index (χ0) is 23.1. The number of hydrogen-bond acceptors (Lipinski definition) is 7. The van der Waals surface area contributed by atoms with Crippen molar-refractivity contribution in [1.29, 1.82) is 0 Å². The summed E-state index contributed by atoms with van der Waals surface area (Å²) in [6.45, 7) is 0.895. The zero-order valence-electron chi connectivity index (χ0n) is 18.5. The number of carbonyl (C=O) groups is 2. The third kappa shape index (κ3) is 3.87. The van der Waals surface area contributed by atoms with Crippen LogP contribution in [0.2, 0.25) is 0 Å². The molecule has 1 saturated carbocycles. The first-order valence-corrected chi connectivity index (χ1v) is 11.5. The molecule has 3 heterocycles. The molecule has 1 atom stereocenters. The SMILES string of the molecule is O=C(NCc1ccc2c(c1)OCO2)C1CC(=O)N(c2cccc(-c3noc(C4CCC4)n3)c2)C1. The first kappa shape index (κ1) is 20.7. The number of rotatable bonds is 6. The summed E-state index contributed by atoms with van der Waals surface area (Å²) in [6, 6.07) is 13.1. The number of benzene rings is 2. The summed E-state index contributed by atoms with van der Waals surface area (Å²) >= 11 is 0. The topological polar surface area (TPSA) is 107 Å². The Morgan fingerprint density at radius 3 is 2.85 bits per heavy atom. The van der Waals surface area contributed by atoms with Gasteiger partial charge in [-0.25, -0.2) is 0 Å². The second-order valence-electron chi connectivity index (χ2n) is 8.95. The van der Waals surface area contributed by atoms with Gasteiger partial charge in [0.2, 0.25) is 30.3 Å².